The lowest BCUT2D eigenvalue weighted by Gasteiger charge is -2.36. The lowest BCUT2D eigenvalue weighted by Crippen LogP contribution is -2.48. The lowest BCUT2D eigenvalue weighted by molar-refractivity contribution is -0.117. The first kappa shape index (κ1) is 23.8. The SMILES string of the molecule is CCCOc1ccc(C(=O)N2CCN(c3ccc(NC(=S)NC(C)=O)cc3Cl)CC2)cc1. The van der Waals surface area contributed by atoms with E-state index in [0.717, 1.165) is 17.9 Å². The number of halogens is 1. The molecule has 7 nitrogen and oxygen atoms in total. The normalized spacial score (nSPS) is 13.5. The van der Waals surface area contributed by atoms with Crippen LogP contribution in [0.5, 0.6) is 5.75 Å². The molecule has 0 saturated carbocycles. The van der Waals surface area contributed by atoms with Gasteiger partial charge in [-0.15, -0.1) is 0 Å². The molecule has 1 fully saturated rings. The van der Waals surface area contributed by atoms with Crippen molar-refractivity contribution in [3.05, 3.63) is 53.1 Å². The van der Waals surface area contributed by atoms with Crippen molar-refractivity contribution in [2.45, 2.75) is 20.3 Å². The van der Waals surface area contributed by atoms with Crippen LogP contribution >= 0.6 is 23.8 Å². The Labute approximate surface area is 198 Å². The molecule has 1 heterocycles. The molecule has 0 radical (unpaired) electrons. The van der Waals surface area contributed by atoms with Gasteiger partial charge in [-0.1, -0.05) is 18.5 Å². The smallest absolute Gasteiger partial charge is 0.253 e. The Morgan fingerprint density at radius 2 is 1.78 bits per heavy atom. The predicted molar refractivity (Wildman–Crippen MR) is 132 cm³/mol. The molecule has 0 aromatic heterocycles. The minimum Gasteiger partial charge on any atom is -0.494 e. The number of ether oxygens (including phenoxy) is 1. The number of thiocarbonyl (C=S) groups is 1. The van der Waals surface area contributed by atoms with E-state index in [4.69, 9.17) is 28.6 Å². The monoisotopic (exact) mass is 474 g/mol. The highest BCUT2D eigenvalue weighted by Gasteiger charge is 2.23. The zero-order valence-electron chi connectivity index (χ0n) is 18.2. The summed E-state index contributed by atoms with van der Waals surface area (Å²) in [6.07, 6.45) is 0.943. The number of rotatable bonds is 6. The second-order valence-electron chi connectivity index (χ2n) is 7.45. The molecule has 32 heavy (non-hydrogen) atoms. The van der Waals surface area contributed by atoms with E-state index in [1.807, 2.05) is 41.3 Å². The molecule has 1 aliphatic rings. The van der Waals surface area contributed by atoms with Gasteiger partial charge >= 0.3 is 0 Å². The van der Waals surface area contributed by atoms with E-state index in [0.29, 0.717) is 49.1 Å². The Balaban J connectivity index is 1.56. The summed E-state index contributed by atoms with van der Waals surface area (Å²) in [6.45, 7) is 6.69. The molecule has 9 heteroatoms. The summed E-state index contributed by atoms with van der Waals surface area (Å²) in [5, 5.41) is 6.24. The summed E-state index contributed by atoms with van der Waals surface area (Å²) in [6, 6.07) is 12.8. The first-order valence-corrected chi connectivity index (χ1v) is 11.3. The Morgan fingerprint density at radius 3 is 2.38 bits per heavy atom. The first-order valence-electron chi connectivity index (χ1n) is 10.5. The van der Waals surface area contributed by atoms with Gasteiger partial charge in [0.1, 0.15) is 5.75 Å². The number of benzene rings is 2. The van der Waals surface area contributed by atoms with Crippen LogP contribution in [0.25, 0.3) is 0 Å². The molecular formula is C23H27ClN4O3S. The summed E-state index contributed by atoms with van der Waals surface area (Å²) in [7, 11) is 0. The number of hydrogen-bond acceptors (Lipinski definition) is 5. The number of carbonyl (C=O) groups excluding carboxylic acids is 2. The molecule has 1 saturated heterocycles. The predicted octanol–water partition coefficient (Wildman–Crippen LogP) is 3.92. The van der Waals surface area contributed by atoms with Crippen LogP contribution in [0, 0.1) is 0 Å². The molecule has 0 unspecified atom stereocenters. The van der Waals surface area contributed by atoms with Crippen LogP contribution in [0.3, 0.4) is 0 Å². The zero-order valence-corrected chi connectivity index (χ0v) is 19.8. The standard InChI is InChI=1S/C23H27ClN4O3S/c1-3-14-31-19-7-4-17(5-8-19)22(30)28-12-10-27(11-13-28)21-9-6-18(15-20(21)24)26-23(32)25-16(2)29/h4-9,15H,3,10-14H2,1-2H3,(H2,25,26,29,32). The molecule has 3 rings (SSSR count). The van der Waals surface area contributed by atoms with Gasteiger partial charge in [-0.2, -0.15) is 0 Å². The molecule has 2 aromatic carbocycles. The van der Waals surface area contributed by atoms with Gasteiger partial charge in [0, 0.05) is 44.4 Å². The van der Waals surface area contributed by atoms with Crippen LogP contribution in [-0.2, 0) is 4.79 Å². The largest absolute Gasteiger partial charge is 0.494 e. The Hall–Kier alpha value is -2.84. The minimum atomic E-state index is -0.238. The third-order valence-electron chi connectivity index (χ3n) is 4.98. The first-order chi connectivity index (χ1) is 15.4. The van der Waals surface area contributed by atoms with Crippen LogP contribution in [0.1, 0.15) is 30.6 Å². The van der Waals surface area contributed by atoms with E-state index in [-0.39, 0.29) is 16.9 Å². The van der Waals surface area contributed by atoms with Crippen molar-refractivity contribution in [1.29, 1.82) is 0 Å². The third-order valence-corrected chi connectivity index (χ3v) is 5.48. The van der Waals surface area contributed by atoms with Gasteiger partial charge in [0.05, 0.1) is 17.3 Å². The van der Waals surface area contributed by atoms with Gasteiger partial charge in [-0.25, -0.2) is 0 Å². The second-order valence-corrected chi connectivity index (χ2v) is 8.27. The molecule has 0 spiro atoms. The van der Waals surface area contributed by atoms with Crippen LogP contribution in [-0.4, -0.2) is 54.6 Å². The molecule has 2 N–H and O–H groups in total. The fourth-order valence-electron chi connectivity index (χ4n) is 3.41. The second kappa shape index (κ2) is 11.2. The average Bonchev–Trinajstić information content (AvgIpc) is 2.77. The highest BCUT2D eigenvalue weighted by atomic mass is 35.5. The number of nitrogens with zero attached hydrogens (tertiary/aromatic N) is 2. The maximum absolute atomic E-state index is 12.8. The number of piperazine rings is 1. The number of amides is 2. The van der Waals surface area contributed by atoms with Gasteiger partial charge in [-0.3, -0.25) is 9.59 Å². The highest BCUT2D eigenvalue weighted by Crippen LogP contribution is 2.30. The van der Waals surface area contributed by atoms with Gasteiger partial charge in [0.25, 0.3) is 5.91 Å². The molecule has 0 aliphatic carbocycles. The van der Waals surface area contributed by atoms with Gasteiger partial charge < -0.3 is 25.2 Å². The van der Waals surface area contributed by atoms with Crippen molar-refractivity contribution >= 4 is 52.1 Å². The van der Waals surface area contributed by atoms with Crippen LogP contribution in [0.2, 0.25) is 5.02 Å². The third kappa shape index (κ3) is 6.34. The van der Waals surface area contributed by atoms with E-state index < -0.39 is 0 Å². The zero-order chi connectivity index (χ0) is 23.1. The topological polar surface area (TPSA) is 73.9 Å². The van der Waals surface area contributed by atoms with Crippen molar-refractivity contribution in [2.75, 3.05) is 43.0 Å². The molecule has 2 amide bonds. The highest BCUT2D eigenvalue weighted by molar-refractivity contribution is 7.80. The van der Waals surface area contributed by atoms with Gasteiger partial charge in [-0.05, 0) is 61.1 Å². The molecular weight excluding hydrogens is 448 g/mol. The van der Waals surface area contributed by atoms with E-state index in [9.17, 15) is 9.59 Å². The van der Waals surface area contributed by atoms with Crippen molar-refractivity contribution in [1.82, 2.24) is 10.2 Å². The van der Waals surface area contributed by atoms with E-state index in [2.05, 4.69) is 22.5 Å². The van der Waals surface area contributed by atoms with Crippen LogP contribution in [0.4, 0.5) is 11.4 Å². The fourth-order valence-corrected chi connectivity index (χ4v) is 3.97. The average molecular weight is 475 g/mol. The van der Waals surface area contributed by atoms with Crippen molar-refractivity contribution < 1.29 is 14.3 Å². The molecule has 1 aliphatic heterocycles. The summed E-state index contributed by atoms with van der Waals surface area (Å²) in [5.74, 6) is 0.556. The number of anilines is 2. The summed E-state index contributed by atoms with van der Waals surface area (Å²) in [4.78, 5) is 27.9. The summed E-state index contributed by atoms with van der Waals surface area (Å²) in [5.41, 5.74) is 2.25. The summed E-state index contributed by atoms with van der Waals surface area (Å²) >= 11 is 11.6. The van der Waals surface area contributed by atoms with Crippen molar-refractivity contribution in [3.8, 4) is 5.75 Å². The molecule has 0 bridgehead atoms. The molecule has 0 atom stereocenters. The van der Waals surface area contributed by atoms with E-state index in [1.54, 1.807) is 6.07 Å². The van der Waals surface area contributed by atoms with Crippen LogP contribution < -0.4 is 20.3 Å². The fraction of sp³-hybridized carbons (Fsp3) is 0.348. The number of nitrogens with one attached hydrogen (secondary N) is 2. The molecule has 170 valence electrons. The van der Waals surface area contributed by atoms with E-state index >= 15 is 0 Å². The summed E-state index contributed by atoms with van der Waals surface area (Å²) < 4.78 is 5.58. The molecule has 2 aromatic rings. The Morgan fingerprint density at radius 1 is 1.09 bits per heavy atom. The van der Waals surface area contributed by atoms with Gasteiger partial charge in [0.15, 0.2) is 5.11 Å². The van der Waals surface area contributed by atoms with Crippen molar-refractivity contribution in [2.24, 2.45) is 0 Å². The maximum Gasteiger partial charge on any atom is 0.253 e. The minimum absolute atomic E-state index is 0.0174. The number of hydrogen-bond donors (Lipinski definition) is 2. The maximum atomic E-state index is 12.8. The van der Waals surface area contributed by atoms with Crippen molar-refractivity contribution in [3.63, 3.8) is 0 Å². The van der Waals surface area contributed by atoms with E-state index in [1.165, 1.54) is 6.92 Å². The van der Waals surface area contributed by atoms with Crippen LogP contribution in [0.15, 0.2) is 42.5 Å². The van der Waals surface area contributed by atoms with Gasteiger partial charge in [0.2, 0.25) is 5.91 Å². The number of carbonyl (C=O) groups is 2. The Kier molecular flexibility index (Phi) is 8.30. The Bertz CT molecular complexity index is 976. The quantitative estimate of drug-likeness (QED) is 0.618. The lowest BCUT2D eigenvalue weighted by atomic mass is 10.1.